The van der Waals surface area contributed by atoms with Crippen LogP contribution in [0.15, 0.2) is 24.3 Å². The number of hydrogen-bond donors (Lipinski definition) is 2. The summed E-state index contributed by atoms with van der Waals surface area (Å²) >= 11 is 0. The maximum Gasteiger partial charge on any atom is 0.321 e. The summed E-state index contributed by atoms with van der Waals surface area (Å²) in [5.41, 5.74) is 1.68. The van der Waals surface area contributed by atoms with E-state index >= 15 is 0 Å². The number of urea groups is 1. The van der Waals surface area contributed by atoms with Gasteiger partial charge >= 0.3 is 6.03 Å². The number of ether oxygens (including phenoxy) is 2. The molecule has 2 aliphatic heterocycles. The van der Waals surface area contributed by atoms with Crippen LogP contribution in [-0.2, 0) is 26.1 Å². The Labute approximate surface area is 173 Å². The van der Waals surface area contributed by atoms with Gasteiger partial charge < -0.3 is 19.7 Å². The van der Waals surface area contributed by atoms with Crippen LogP contribution in [-0.4, -0.2) is 64.1 Å². The van der Waals surface area contributed by atoms with E-state index < -0.39 is 10.0 Å². The second-order valence-electron chi connectivity index (χ2n) is 7.81. The lowest BCUT2D eigenvalue weighted by Gasteiger charge is -2.32. The number of nitrogens with one attached hydrogen (secondary N) is 2. The molecule has 2 saturated heterocycles. The van der Waals surface area contributed by atoms with Crippen molar-refractivity contribution in [3.05, 3.63) is 29.8 Å². The van der Waals surface area contributed by atoms with Crippen molar-refractivity contribution >= 4 is 21.7 Å². The quantitative estimate of drug-likeness (QED) is 0.699. The van der Waals surface area contributed by atoms with Crippen molar-refractivity contribution in [1.82, 2.24) is 9.62 Å². The molecule has 2 atom stereocenters. The second-order valence-corrected chi connectivity index (χ2v) is 9.59. The molecule has 162 valence electrons. The molecule has 0 spiro atoms. The number of sulfonamides is 1. The van der Waals surface area contributed by atoms with Crippen LogP contribution in [0.5, 0.6) is 0 Å². The smallest absolute Gasteiger partial charge is 0.321 e. The molecule has 2 N–H and O–H groups in total. The number of rotatable bonds is 7. The molecule has 2 heterocycles. The van der Waals surface area contributed by atoms with Gasteiger partial charge in [-0.25, -0.2) is 17.9 Å². The molecule has 3 rings (SSSR count). The molecular formula is C20H31N3O5S. The van der Waals surface area contributed by atoms with Gasteiger partial charge in [-0.05, 0) is 49.8 Å². The maximum absolute atomic E-state index is 12.6. The Bertz CT molecular complexity index is 780. The number of benzene rings is 1. The van der Waals surface area contributed by atoms with E-state index in [-0.39, 0.29) is 18.2 Å². The Balaban J connectivity index is 1.48. The molecule has 1 aromatic rings. The van der Waals surface area contributed by atoms with Crippen LogP contribution < -0.4 is 10.0 Å². The van der Waals surface area contributed by atoms with Crippen molar-refractivity contribution in [2.75, 3.05) is 37.9 Å². The van der Waals surface area contributed by atoms with E-state index in [0.717, 1.165) is 44.1 Å². The van der Waals surface area contributed by atoms with E-state index in [1.54, 1.807) is 4.90 Å². The van der Waals surface area contributed by atoms with Crippen molar-refractivity contribution in [3.63, 3.8) is 0 Å². The number of piperidine rings is 1. The van der Waals surface area contributed by atoms with Crippen molar-refractivity contribution in [2.24, 2.45) is 0 Å². The molecule has 0 unspecified atom stereocenters. The molecule has 8 nitrogen and oxygen atoms in total. The second kappa shape index (κ2) is 10.4. The third kappa shape index (κ3) is 7.58. The molecule has 0 saturated carbocycles. The normalized spacial score (nSPS) is 23.0. The van der Waals surface area contributed by atoms with Crippen molar-refractivity contribution in [1.29, 1.82) is 0 Å². The van der Waals surface area contributed by atoms with Crippen LogP contribution in [0.1, 0.15) is 37.7 Å². The average Bonchev–Trinajstić information content (AvgIpc) is 2.68. The molecule has 0 bridgehead atoms. The lowest BCUT2D eigenvalue weighted by Crippen LogP contribution is -2.50. The number of carbonyl (C=O) groups excluding carboxylic acids is 1. The van der Waals surface area contributed by atoms with Crippen LogP contribution in [0.25, 0.3) is 0 Å². The first-order valence-electron chi connectivity index (χ1n) is 10.2. The number of amides is 2. The highest BCUT2D eigenvalue weighted by Gasteiger charge is 2.25. The first kappa shape index (κ1) is 22.0. The summed E-state index contributed by atoms with van der Waals surface area (Å²) in [6.07, 6.45) is 6.17. The van der Waals surface area contributed by atoms with E-state index in [1.807, 2.05) is 24.3 Å². The third-order valence-electron chi connectivity index (χ3n) is 5.11. The monoisotopic (exact) mass is 425 g/mol. The van der Waals surface area contributed by atoms with Gasteiger partial charge in [-0.2, -0.15) is 0 Å². The summed E-state index contributed by atoms with van der Waals surface area (Å²) in [5.74, 6) is 0. The molecule has 2 aliphatic rings. The van der Waals surface area contributed by atoms with Gasteiger partial charge in [-0.15, -0.1) is 0 Å². The summed E-state index contributed by atoms with van der Waals surface area (Å²) in [6, 6.07) is 7.11. The number of nitrogens with zero attached hydrogens (tertiary/aromatic N) is 1. The van der Waals surface area contributed by atoms with Gasteiger partial charge in [0.15, 0.2) is 0 Å². The molecule has 0 aromatic heterocycles. The highest BCUT2D eigenvalue weighted by Crippen LogP contribution is 2.17. The number of hydrogen-bond acceptors (Lipinski definition) is 5. The summed E-state index contributed by atoms with van der Waals surface area (Å²) in [6.45, 7) is 2.83. The van der Waals surface area contributed by atoms with E-state index in [9.17, 15) is 13.2 Å². The minimum Gasteiger partial charge on any atom is -0.376 e. The highest BCUT2D eigenvalue weighted by atomic mass is 32.2. The lowest BCUT2D eigenvalue weighted by atomic mass is 10.1. The molecule has 1 aromatic carbocycles. The summed E-state index contributed by atoms with van der Waals surface area (Å²) in [7, 11) is -3.29. The van der Waals surface area contributed by atoms with Gasteiger partial charge in [-0.3, -0.25) is 0 Å². The van der Waals surface area contributed by atoms with Gasteiger partial charge in [0.05, 0.1) is 25.6 Å². The van der Waals surface area contributed by atoms with E-state index in [2.05, 4.69) is 10.0 Å². The number of carbonyl (C=O) groups is 1. The van der Waals surface area contributed by atoms with Crippen LogP contribution >= 0.6 is 0 Å². The fourth-order valence-corrected chi connectivity index (χ4v) is 4.55. The van der Waals surface area contributed by atoms with E-state index in [4.69, 9.17) is 9.47 Å². The standard InChI is InChI=1S/C20H31N3O5S/c1-29(25,26)22-18-8-5-10-23(13-18)20(24)21-17-7-4-6-16(12-17)14-27-15-19-9-2-3-11-28-19/h4,6-7,12,18-19,22H,2-3,5,8-11,13-15H2,1H3,(H,21,24)/t18-,19+/m0/s1. The first-order chi connectivity index (χ1) is 13.9. The minimum atomic E-state index is -3.29. The predicted molar refractivity (Wildman–Crippen MR) is 111 cm³/mol. The van der Waals surface area contributed by atoms with Gasteiger partial charge in [0.25, 0.3) is 0 Å². The Morgan fingerprint density at radius 2 is 2.14 bits per heavy atom. The fraction of sp³-hybridized carbons (Fsp3) is 0.650. The van der Waals surface area contributed by atoms with Crippen LogP contribution in [0.4, 0.5) is 10.5 Å². The maximum atomic E-state index is 12.6. The highest BCUT2D eigenvalue weighted by molar-refractivity contribution is 7.88. The summed E-state index contributed by atoms with van der Waals surface area (Å²) in [5, 5.41) is 2.90. The zero-order chi connectivity index (χ0) is 20.7. The van der Waals surface area contributed by atoms with Gasteiger partial charge in [-0.1, -0.05) is 12.1 Å². The summed E-state index contributed by atoms with van der Waals surface area (Å²) < 4.78 is 36.9. The van der Waals surface area contributed by atoms with Crippen LogP contribution in [0.2, 0.25) is 0 Å². The topological polar surface area (TPSA) is 97.0 Å². The van der Waals surface area contributed by atoms with Crippen molar-refractivity contribution in [2.45, 2.75) is 50.9 Å². The van der Waals surface area contributed by atoms with Gasteiger partial charge in [0, 0.05) is 31.4 Å². The Kier molecular flexibility index (Phi) is 7.88. The largest absolute Gasteiger partial charge is 0.376 e. The number of likely N-dealkylation sites (tertiary alicyclic amines) is 1. The molecule has 0 aliphatic carbocycles. The van der Waals surface area contributed by atoms with E-state index in [0.29, 0.717) is 32.0 Å². The summed E-state index contributed by atoms with van der Waals surface area (Å²) in [4.78, 5) is 14.2. The molecule has 2 amide bonds. The average molecular weight is 426 g/mol. The fourth-order valence-electron chi connectivity index (χ4n) is 3.75. The zero-order valence-electron chi connectivity index (χ0n) is 16.9. The molecule has 9 heteroatoms. The predicted octanol–water partition coefficient (Wildman–Crippen LogP) is 2.32. The SMILES string of the molecule is CS(=O)(=O)N[C@H]1CCCN(C(=O)Nc2cccc(COC[C@H]3CCCCO3)c2)C1. The molecule has 2 fully saturated rings. The Morgan fingerprint density at radius 3 is 2.90 bits per heavy atom. The first-order valence-corrected chi connectivity index (χ1v) is 12.1. The molecule has 0 radical (unpaired) electrons. The van der Waals surface area contributed by atoms with Crippen molar-refractivity contribution < 1.29 is 22.7 Å². The van der Waals surface area contributed by atoms with Crippen molar-refractivity contribution in [3.8, 4) is 0 Å². The molecular weight excluding hydrogens is 394 g/mol. The lowest BCUT2D eigenvalue weighted by molar-refractivity contribution is -0.0447. The number of anilines is 1. The van der Waals surface area contributed by atoms with Gasteiger partial charge in [0.2, 0.25) is 10.0 Å². The van der Waals surface area contributed by atoms with E-state index in [1.165, 1.54) is 6.42 Å². The minimum absolute atomic E-state index is 0.180. The molecule has 29 heavy (non-hydrogen) atoms. The Morgan fingerprint density at radius 1 is 1.28 bits per heavy atom. The Hall–Kier alpha value is -1.68. The van der Waals surface area contributed by atoms with Crippen LogP contribution in [0.3, 0.4) is 0 Å². The zero-order valence-corrected chi connectivity index (χ0v) is 17.7. The van der Waals surface area contributed by atoms with Crippen LogP contribution in [0, 0.1) is 0 Å². The van der Waals surface area contributed by atoms with Gasteiger partial charge in [0.1, 0.15) is 0 Å². The third-order valence-corrected chi connectivity index (χ3v) is 5.88.